The van der Waals surface area contributed by atoms with Crippen LogP contribution in [0.1, 0.15) is 63.4 Å². The van der Waals surface area contributed by atoms with Crippen LogP contribution in [0.2, 0.25) is 5.02 Å². The molecular formula is C25H24ClN3O4. The second-order valence-electron chi connectivity index (χ2n) is 8.90. The molecule has 8 heteroatoms. The van der Waals surface area contributed by atoms with E-state index >= 15 is 0 Å². The fraction of sp³-hybridized carbons (Fsp3) is 0.360. The van der Waals surface area contributed by atoms with Crippen molar-refractivity contribution >= 4 is 35.2 Å². The van der Waals surface area contributed by atoms with Gasteiger partial charge < -0.3 is 0 Å². The van der Waals surface area contributed by atoms with Crippen molar-refractivity contribution in [3.05, 3.63) is 69.7 Å². The zero-order valence-electron chi connectivity index (χ0n) is 18.1. The van der Waals surface area contributed by atoms with Gasteiger partial charge in [-0.05, 0) is 67.6 Å². The molecule has 1 unspecified atom stereocenters. The summed E-state index contributed by atoms with van der Waals surface area (Å²) in [6.45, 7) is 2.52. The lowest BCUT2D eigenvalue weighted by Crippen LogP contribution is -2.54. The van der Waals surface area contributed by atoms with Gasteiger partial charge >= 0.3 is 0 Å². The number of amides is 4. The van der Waals surface area contributed by atoms with Gasteiger partial charge in [-0.3, -0.25) is 34.3 Å². The standard InChI is InChI=1S/C25H24ClN3O4/c26-20-4-2-1-3-17(20)16-9-11-28(12-10-16)14-15-5-6-18-19(13-15)25(33)29(24(18)32)21-7-8-22(30)27-23(21)31/h1-6,13,16,21H,7-12,14H2,(H,27,30,31). The number of fused-ring (bicyclic) bond motifs is 1. The van der Waals surface area contributed by atoms with Crippen LogP contribution in [0.5, 0.6) is 0 Å². The van der Waals surface area contributed by atoms with Gasteiger partial charge in [-0.2, -0.15) is 0 Å². The van der Waals surface area contributed by atoms with Gasteiger partial charge in [-0.1, -0.05) is 35.9 Å². The first-order valence-corrected chi connectivity index (χ1v) is 11.6. The highest BCUT2D eigenvalue weighted by atomic mass is 35.5. The van der Waals surface area contributed by atoms with Crippen LogP contribution < -0.4 is 5.32 Å². The number of carbonyl (C=O) groups is 4. The second kappa shape index (κ2) is 8.72. The summed E-state index contributed by atoms with van der Waals surface area (Å²) in [6, 6.07) is 12.4. The van der Waals surface area contributed by atoms with E-state index in [2.05, 4.69) is 16.3 Å². The first-order chi connectivity index (χ1) is 15.9. The smallest absolute Gasteiger partial charge is 0.262 e. The molecule has 0 spiro atoms. The number of hydrogen-bond acceptors (Lipinski definition) is 5. The van der Waals surface area contributed by atoms with Crippen LogP contribution >= 0.6 is 11.6 Å². The molecule has 0 saturated carbocycles. The Kier molecular flexibility index (Phi) is 5.76. The van der Waals surface area contributed by atoms with Crippen molar-refractivity contribution < 1.29 is 19.2 Å². The number of nitrogens with one attached hydrogen (secondary N) is 1. The van der Waals surface area contributed by atoms with Gasteiger partial charge in [-0.15, -0.1) is 0 Å². The number of carbonyl (C=O) groups excluding carboxylic acids is 4. The number of imide groups is 2. The van der Waals surface area contributed by atoms with Crippen molar-refractivity contribution in [3.8, 4) is 0 Å². The summed E-state index contributed by atoms with van der Waals surface area (Å²) in [5.74, 6) is -1.48. The molecule has 3 aliphatic rings. The van der Waals surface area contributed by atoms with Gasteiger partial charge in [0, 0.05) is 18.0 Å². The molecule has 170 valence electrons. The van der Waals surface area contributed by atoms with E-state index in [4.69, 9.17) is 11.6 Å². The molecule has 2 saturated heterocycles. The first-order valence-electron chi connectivity index (χ1n) is 11.2. The van der Waals surface area contributed by atoms with E-state index in [9.17, 15) is 19.2 Å². The van der Waals surface area contributed by atoms with E-state index in [1.54, 1.807) is 12.1 Å². The molecule has 3 aliphatic heterocycles. The number of nitrogens with zero attached hydrogens (tertiary/aromatic N) is 2. The third kappa shape index (κ3) is 4.07. The Morgan fingerprint density at radius 3 is 2.36 bits per heavy atom. The average Bonchev–Trinajstić information content (AvgIpc) is 3.05. The SMILES string of the molecule is O=C1CCC(N2C(=O)c3ccc(CN4CCC(c5ccccc5Cl)CC4)cc3C2=O)C(=O)N1. The Balaban J connectivity index is 1.26. The van der Waals surface area contributed by atoms with Crippen LogP contribution in [0.15, 0.2) is 42.5 Å². The van der Waals surface area contributed by atoms with Crippen molar-refractivity contribution in [2.45, 2.75) is 44.2 Å². The van der Waals surface area contributed by atoms with E-state index in [1.165, 1.54) is 5.56 Å². The first kappa shape index (κ1) is 21.8. The minimum absolute atomic E-state index is 0.110. The molecule has 0 aromatic heterocycles. The number of piperidine rings is 2. The maximum Gasteiger partial charge on any atom is 0.262 e. The Morgan fingerprint density at radius 2 is 1.64 bits per heavy atom. The van der Waals surface area contributed by atoms with E-state index in [0.717, 1.165) is 41.4 Å². The molecule has 2 aromatic rings. The Morgan fingerprint density at radius 1 is 0.909 bits per heavy atom. The summed E-state index contributed by atoms with van der Waals surface area (Å²) in [4.78, 5) is 52.9. The molecule has 4 amide bonds. The van der Waals surface area contributed by atoms with Gasteiger partial charge in [0.15, 0.2) is 0 Å². The summed E-state index contributed by atoms with van der Waals surface area (Å²) in [5.41, 5.74) is 2.80. The molecule has 0 bridgehead atoms. The largest absolute Gasteiger partial charge is 0.299 e. The zero-order chi connectivity index (χ0) is 23.1. The lowest BCUT2D eigenvalue weighted by Gasteiger charge is -2.32. The molecule has 2 aromatic carbocycles. The van der Waals surface area contributed by atoms with Crippen LogP contribution in [0, 0.1) is 0 Å². The molecule has 33 heavy (non-hydrogen) atoms. The summed E-state index contributed by atoms with van der Waals surface area (Å²) >= 11 is 6.37. The minimum Gasteiger partial charge on any atom is -0.299 e. The van der Waals surface area contributed by atoms with Crippen molar-refractivity contribution in [3.63, 3.8) is 0 Å². The van der Waals surface area contributed by atoms with Crippen LogP contribution in [-0.2, 0) is 16.1 Å². The van der Waals surface area contributed by atoms with Crippen LogP contribution in [-0.4, -0.2) is 52.6 Å². The summed E-state index contributed by atoms with van der Waals surface area (Å²) in [7, 11) is 0. The van der Waals surface area contributed by atoms with Crippen molar-refractivity contribution in [2.24, 2.45) is 0 Å². The Bertz CT molecular complexity index is 1160. The summed E-state index contributed by atoms with van der Waals surface area (Å²) in [5, 5.41) is 3.04. The molecule has 5 rings (SSSR count). The second-order valence-corrected chi connectivity index (χ2v) is 9.31. The van der Waals surface area contributed by atoms with E-state index < -0.39 is 23.8 Å². The third-order valence-corrected chi connectivity index (χ3v) is 7.19. The highest BCUT2D eigenvalue weighted by molar-refractivity contribution is 6.31. The normalized spacial score (nSPS) is 22.0. The molecule has 3 heterocycles. The molecule has 0 radical (unpaired) electrons. The maximum atomic E-state index is 13.0. The summed E-state index contributed by atoms with van der Waals surface area (Å²) in [6.07, 6.45) is 2.29. The van der Waals surface area contributed by atoms with Gasteiger partial charge in [0.1, 0.15) is 6.04 Å². The lowest BCUT2D eigenvalue weighted by atomic mass is 9.89. The van der Waals surface area contributed by atoms with E-state index in [0.29, 0.717) is 23.6 Å². The van der Waals surface area contributed by atoms with Crippen LogP contribution in [0.25, 0.3) is 0 Å². The van der Waals surface area contributed by atoms with Gasteiger partial charge in [0.25, 0.3) is 11.8 Å². The molecular weight excluding hydrogens is 442 g/mol. The van der Waals surface area contributed by atoms with Gasteiger partial charge in [0.05, 0.1) is 11.1 Å². The molecule has 7 nitrogen and oxygen atoms in total. The topological polar surface area (TPSA) is 86.8 Å². The molecule has 1 atom stereocenters. The number of rotatable bonds is 4. The van der Waals surface area contributed by atoms with Crippen molar-refractivity contribution in [1.29, 1.82) is 0 Å². The summed E-state index contributed by atoms with van der Waals surface area (Å²) < 4.78 is 0. The van der Waals surface area contributed by atoms with E-state index in [1.807, 2.05) is 24.3 Å². The lowest BCUT2D eigenvalue weighted by molar-refractivity contribution is -0.136. The minimum atomic E-state index is -0.942. The Hall–Kier alpha value is -3.03. The quantitative estimate of drug-likeness (QED) is 0.701. The van der Waals surface area contributed by atoms with Crippen molar-refractivity contribution in [1.82, 2.24) is 15.1 Å². The Labute approximate surface area is 196 Å². The maximum absolute atomic E-state index is 13.0. The molecule has 1 N–H and O–H groups in total. The third-order valence-electron chi connectivity index (χ3n) is 6.84. The average molecular weight is 466 g/mol. The monoisotopic (exact) mass is 465 g/mol. The number of likely N-dealkylation sites (tertiary alicyclic amines) is 1. The zero-order valence-corrected chi connectivity index (χ0v) is 18.8. The predicted molar refractivity (Wildman–Crippen MR) is 122 cm³/mol. The number of benzene rings is 2. The highest BCUT2D eigenvalue weighted by Gasteiger charge is 2.44. The van der Waals surface area contributed by atoms with Gasteiger partial charge in [0.2, 0.25) is 11.8 Å². The highest BCUT2D eigenvalue weighted by Crippen LogP contribution is 2.33. The van der Waals surface area contributed by atoms with Gasteiger partial charge in [-0.25, -0.2) is 0 Å². The van der Waals surface area contributed by atoms with Crippen molar-refractivity contribution in [2.75, 3.05) is 13.1 Å². The molecule has 2 fully saturated rings. The fourth-order valence-electron chi connectivity index (χ4n) is 5.08. The fourth-order valence-corrected chi connectivity index (χ4v) is 5.37. The molecule has 0 aliphatic carbocycles. The van der Waals surface area contributed by atoms with E-state index in [-0.39, 0.29) is 18.7 Å². The van der Waals surface area contributed by atoms with Crippen LogP contribution in [0.4, 0.5) is 0 Å². The van der Waals surface area contributed by atoms with Crippen LogP contribution in [0.3, 0.4) is 0 Å². The number of hydrogen-bond donors (Lipinski definition) is 1. The predicted octanol–water partition coefficient (Wildman–Crippen LogP) is 3.12. The number of halogens is 1.